The number of methoxy groups -OCH3 is 1. The van der Waals surface area contributed by atoms with Crippen LogP contribution in [0.15, 0.2) is 23.5 Å². The highest BCUT2D eigenvalue weighted by Crippen LogP contribution is 2.63. The Hall–Kier alpha value is -1.05. The lowest BCUT2D eigenvalue weighted by atomic mass is 9.49. The van der Waals surface area contributed by atoms with Crippen LogP contribution in [0.25, 0.3) is 0 Å². The van der Waals surface area contributed by atoms with Crippen molar-refractivity contribution in [3.63, 3.8) is 0 Å². The Kier molecular flexibility index (Phi) is 3.12. The van der Waals surface area contributed by atoms with Crippen LogP contribution in [-0.2, 0) is 9.53 Å². The van der Waals surface area contributed by atoms with E-state index < -0.39 is 0 Å². The quantitative estimate of drug-likeness (QED) is 0.704. The van der Waals surface area contributed by atoms with Crippen LogP contribution in [-0.4, -0.2) is 12.9 Å². The largest absolute Gasteiger partial charge is 0.501 e. The van der Waals surface area contributed by atoms with Crippen LogP contribution in [0.5, 0.6) is 0 Å². The van der Waals surface area contributed by atoms with Gasteiger partial charge in [0, 0.05) is 18.3 Å². The third-order valence-electron chi connectivity index (χ3n) is 7.70. The number of hydrogen-bond acceptors (Lipinski definition) is 2. The number of hydrogen-bond donors (Lipinski definition) is 0. The first-order chi connectivity index (χ1) is 10.5. The molecule has 2 heteroatoms. The first-order valence-corrected chi connectivity index (χ1v) is 8.97. The number of rotatable bonds is 1. The van der Waals surface area contributed by atoms with Crippen molar-refractivity contribution in [1.29, 1.82) is 0 Å². The summed E-state index contributed by atoms with van der Waals surface area (Å²) in [6, 6.07) is 0. The van der Waals surface area contributed by atoms with E-state index in [4.69, 9.17) is 4.74 Å². The Morgan fingerprint density at radius 2 is 1.86 bits per heavy atom. The molecular formula is C20H28O2. The van der Waals surface area contributed by atoms with E-state index in [1.54, 1.807) is 7.11 Å². The Morgan fingerprint density at radius 1 is 1.09 bits per heavy atom. The molecule has 0 aromatic rings. The number of fused-ring (bicyclic) bond motifs is 5. The molecular weight excluding hydrogens is 272 g/mol. The fourth-order valence-corrected chi connectivity index (χ4v) is 6.23. The van der Waals surface area contributed by atoms with Crippen molar-refractivity contribution in [2.45, 2.75) is 58.8 Å². The summed E-state index contributed by atoms with van der Waals surface area (Å²) in [5, 5.41) is 0. The summed E-state index contributed by atoms with van der Waals surface area (Å²) in [5.41, 5.74) is 1.80. The van der Waals surface area contributed by atoms with Crippen molar-refractivity contribution in [1.82, 2.24) is 0 Å². The first kappa shape index (κ1) is 14.5. The highest BCUT2D eigenvalue weighted by atomic mass is 16.5. The second kappa shape index (κ2) is 4.72. The van der Waals surface area contributed by atoms with Crippen molar-refractivity contribution in [2.75, 3.05) is 7.11 Å². The summed E-state index contributed by atoms with van der Waals surface area (Å²) in [6.45, 7) is 4.73. The molecule has 5 atom stereocenters. The molecule has 4 rings (SSSR count). The monoisotopic (exact) mass is 300 g/mol. The summed E-state index contributed by atoms with van der Waals surface area (Å²) in [6.07, 6.45) is 12.5. The van der Waals surface area contributed by atoms with E-state index in [2.05, 4.69) is 26.0 Å². The lowest BCUT2D eigenvalue weighted by Gasteiger charge is -2.55. The van der Waals surface area contributed by atoms with E-state index in [9.17, 15) is 4.79 Å². The summed E-state index contributed by atoms with van der Waals surface area (Å²) in [7, 11) is 1.79. The van der Waals surface area contributed by atoms with Crippen LogP contribution in [0.3, 0.4) is 0 Å². The zero-order valence-electron chi connectivity index (χ0n) is 14.2. The number of ketones is 1. The second-order valence-corrected chi connectivity index (χ2v) is 8.42. The average molecular weight is 300 g/mol. The van der Waals surface area contributed by atoms with Gasteiger partial charge in [0.25, 0.3) is 0 Å². The molecule has 4 aliphatic carbocycles. The standard InChI is InChI=1S/C20H28O2/c1-19-10-8-14(22-3)12-13(19)4-5-15-16-6-7-18(21)20(16,2)11-9-17(15)19/h4,12,15-17H,5-11H2,1-3H3/t15-,16+,17-,19-,20-/m0/s1. The van der Waals surface area contributed by atoms with Crippen LogP contribution < -0.4 is 0 Å². The fourth-order valence-electron chi connectivity index (χ4n) is 6.23. The normalized spacial score (nSPS) is 47.0. The molecule has 0 saturated heterocycles. The number of Topliss-reactive ketones (excluding diaryl/α,β-unsaturated/α-hetero) is 1. The molecule has 0 spiro atoms. The van der Waals surface area contributed by atoms with Gasteiger partial charge in [0.15, 0.2) is 0 Å². The molecule has 0 aromatic heterocycles. The summed E-state index contributed by atoms with van der Waals surface area (Å²) >= 11 is 0. The fraction of sp³-hybridized carbons (Fsp3) is 0.750. The van der Waals surface area contributed by atoms with Gasteiger partial charge in [-0.05, 0) is 66.9 Å². The van der Waals surface area contributed by atoms with Crippen molar-refractivity contribution < 1.29 is 9.53 Å². The number of carbonyl (C=O) groups excluding carboxylic acids is 1. The first-order valence-electron chi connectivity index (χ1n) is 8.97. The zero-order valence-corrected chi connectivity index (χ0v) is 14.2. The van der Waals surface area contributed by atoms with Gasteiger partial charge in [0.2, 0.25) is 0 Å². The maximum Gasteiger partial charge on any atom is 0.139 e. The lowest BCUT2D eigenvalue weighted by molar-refractivity contribution is -0.131. The summed E-state index contributed by atoms with van der Waals surface area (Å²) in [5.74, 6) is 3.78. The zero-order chi connectivity index (χ0) is 15.5. The Labute approximate surface area is 134 Å². The molecule has 0 amide bonds. The highest BCUT2D eigenvalue weighted by Gasteiger charge is 2.58. The van der Waals surface area contributed by atoms with Crippen molar-refractivity contribution in [3.05, 3.63) is 23.5 Å². The van der Waals surface area contributed by atoms with E-state index in [0.29, 0.717) is 17.1 Å². The van der Waals surface area contributed by atoms with Crippen molar-refractivity contribution in [2.24, 2.45) is 28.6 Å². The van der Waals surface area contributed by atoms with E-state index >= 15 is 0 Å². The van der Waals surface area contributed by atoms with Crippen molar-refractivity contribution in [3.8, 4) is 0 Å². The van der Waals surface area contributed by atoms with Gasteiger partial charge in [-0.1, -0.05) is 19.9 Å². The Morgan fingerprint density at radius 3 is 2.64 bits per heavy atom. The van der Waals surface area contributed by atoms with E-state index in [-0.39, 0.29) is 5.41 Å². The molecule has 4 aliphatic rings. The predicted molar refractivity (Wildman–Crippen MR) is 87.2 cm³/mol. The molecule has 0 radical (unpaired) electrons. The lowest BCUT2D eigenvalue weighted by Crippen LogP contribution is -2.49. The van der Waals surface area contributed by atoms with Crippen molar-refractivity contribution >= 4 is 5.78 Å². The third kappa shape index (κ3) is 1.76. The van der Waals surface area contributed by atoms with Gasteiger partial charge in [-0.2, -0.15) is 0 Å². The van der Waals surface area contributed by atoms with Gasteiger partial charge in [-0.15, -0.1) is 0 Å². The predicted octanol–water partition coefficient (Wildman–Crippen LogP) is 4.66. The van der Waals surface area contributed by atoms with Gasteiger partial charge in [0.05, 0.1) is 12.9 Å². The van der Waals surface area contributed by atoms with E-state index in [0.717, 1.165) is 49.7 Å². The van der Waals surface area contributed by atoms with Crippen LogP contribution in [0.1, 0.15) is 58.8 Å². The molecule has 0 aromatic carbocycles. The minimum absolute atomic E-state index is 0.00886. The number of allylic oxidation sites excluding steroid dienone is 4. The van der Waals surface area contributed by atoms with Crippen LogP contribution in [0.4, 0.5) is 0 Å². The molecule has 22 heavy (non-hydrogen) atoms. The molecule has 0 heterocycles. The maximum absolute atomic E-state index is 12.4. The average Bonchev–Trinajstić information content (AvgIpc) is 2.82. The van der Waals surface area contributed by atoms with Crippen LogP contribution in [0, 0.1) is 28.6 Å². The smallest absolute Gasteiger partial charge is 0.139 e. The van der Waals surface area contributed by atoms with Crippen LogP contribution >= 0.6 is 0 Å². The Balaban J connectivity index is 1.71. The Bertz CT molecular complexity index is 572. The SMILES string of the molecule is COC1=CC2=CC[C@H]3[C@H]4CCC(=O)[C@@]4(C)CC[C@@H]3[C@@]2(C)CC1. The molecule has 2 fully saturated rings. The number of carbonyl (C=O) groups is 1. The van der Waals surface area contributed by atoms with Gasteiger partial charge in [0.1, 0.15) is 5.78 Å². The molecule has 0 aliphatic heterocycles. The minimum Gasteiger partial charge on any atom is -0.501 e. The topological polar surface area (TPSA) is 26.3 Å². The van der Waals surface area contributed by atoms with E-state index in [1.807, 2.05) is 0 Å². The minimum atomic E-state index is -0.00886. The summed E-state index contributed by atoms with van der Waals surface area (Å²) in [4.78, 5) is 12.4. The molecule has 0 unspecified atom stereocenters. The third-order valence-corrected chi connectivity index (χ3v) is 7.70. The maximum atomic E-state index is 12.4. The van der Waals surface area contributed by atoms with Gasteiger partial charge in [-0.25, -0.2) is 0 Å². The van der Waals surface area contributed by atoms with E-state index in [1.165, 1.54) is 18.4 Å². The molecule has 120 valence electrons. The summed E-state index contributed by atoms with van der Waals surface area (Å²) < 4.78 is 5.50. The molecule has 0 bridgehead atoms. The molecule has 0 N–H and O–H groups in total. The second-order valence-electron chi connectivity index (χ2n) is 8.42. The van der Waals surface area contributed by atoms with Gasteiger partial charge >= 0.3 is 0 Å². The van der Waals surface area contributed by atoms with Crippen LogP contribution in [0.2, 0.25) is 0 Å². The molecule has 2 nitrogen and oxygen atoms in total. The van der Waals surface area contributed by atoms with Gasteiger partial charge in [-0.3, -0.25) is 4.79 Å². The van der Waals surface area contributed by atoms with Gasteiger partial charge < -0.3 is 4.74 Å². The highest BCUT2D eigenvalue weighted by molar-refractivity contribution is 5.87. The molecule has 2 saturated carbocycles. The number of ether oxygens (including phenoxy) is 1.